The van der Waals surface area contributed by atoms with Crippen molar-refractivity contribution >= 4 is 5.91 Å². The van der Waals surface area contributed by atoms with Crippen LogP contribution in [0.3, 0.4) is 0 Å². The lowest BCUT2D eigenvalue weighted by Gasteiger charge is -2.30. The van der Waals surface area contributed by atoms with Gasteiger partial charge in [-0.25, -0.2) is 0 Å². The van der Waals surface area contributed by atoms with Gasteiger partial charge < -0.3 is 14.8 Å². The van der Waals surface area contributed by atoms with Crippen LogP contribution in [0, 0.1) is 0 Å². The molecule has 1 aromatic heterocycles. The monoisotopic (exact) mass is 263 g/mol. The third-order valence-corrected chi connectivity index (χ3v) is 3.85. The van der Waals surface area contributed by atoms with Gasteiger partial charge in [0.05, 0.1) is 0 Å². The number of nitrogens with zero attached hydrogens (tertiary/aromatic N) is 2. The molecule has 0 saturated carbocycles. The normalized spacial score (nSPS) is 19.1. The maximum absolute atomic E-state index is 12.7. The summed E-state index contributed by atoms with van der Waals surface area (Å²) in [5, 5.41) is 3.47. The van der Waals surface area contributed by atoms with E-state index in [1.165, 1.54) is 12.8 Å². The molecule has 1 saturated heterocycles. The summed E-state index contributed by atoms with van der Waals surface area (Å²) < 4.78 is 2.01. The van der Waals surface area contributed by atoms with Gasteiger partial charge in [-0.15, -0.1) is 0 Å². The van der Waals surface area contributed by atoms with Gasteiger partial charge in [0.15, 0.2) is 0 Å². The van der Waals surface area contributed by atoms with Crippen LogP contribution in [0.4, 0.5) is 0 Å². The van der Waals surface area contributed by atoms with Crippen molar-refractivity contribution in [3.63, 3.8) is 0 Å². The highest BCUT2D eigenvalue weighted by molar-refractivity contribution is 5.93. The Morgan fingerprint density at radius 2 is 2.37 bits per heavy atom. The summed E-state index contributed by atoms with van der Waals surface area (Å²) in [4.78, 5) is 14.7. The molecular formula is C15H25N3O. The van der Waals surface area contributed by atoms with Crippen molar-refractivity contribution < 1.29 is 4.79 Å². The fraction of sp³-hybridized carbons (Fsp3) is 0.667. The summed E-state index contributed by atoms with van der Waals surface area (Å²) in [7, 11) is 0. The van der Waals surface area contributed by atoms with Crippen LogP contribution in [-0.4, -0.2) is 40.5 Å². The van der Waals surface area contributed by atoms with Gasteiger partial charge in [-0.2, -0.15) is 0 Å². The molecule has 0 aliphatic carbocycles. The van der Waals surface area contributed by atoms with Gasteiger partial charge in [-0.1, -0.05) is 0 Å². The third-order valence-electron chi connectivity index (χ3n) is 3.85. The predicted octanol–water partition coefficient (Wildman–Crippen LogP) is 2.11. The molecule has 1 fully saturated rings. The molecule has 4 nitrogen and oxygen atoms in total. The third kappa shape index (κ3) is 3.18. The molecule has 1 atom stereocenters. The second kappa shape index (κ2) is 6.24. The molecule has 0 spiro atoms. The number of amides is 1. The number of carbonyl (C=O) groups is 1. The number of hydrogen-bond donors (Lipinski definition) is 1. The Morgan fingerprint density at radius 1 is 1.58 bits per heavy atom. The zero-order valence-corrected chi connectivity index (χ0v) is 12.2. The Labute approximate surface area is 115 Å². The maximum Gasteiger partial charge on any atom is 0.270 e. The van der Waals surface area contributed by atoms with Gasteiger partial charge >= 0.3 is 0 Å². The van der Waals surface area contributed by atoms with Crippen molar-refractivity contribution in [2.45, 2.75) is 52.2 Å². The Hall–Kier alpha value is -1.29. The lowest BCUT2D eigenvalue weighted by molar-refractivity contribution is 0.0678. The van der Waals surface area contributed by atoms with E-state index >= 15 is 0 Å². The number of rotatable bonds is 5. The largest absolute Gasteiger partial charge is 0.344 e. The number of nitrogens with one attached hydrogen (secondary N) is 1. The highest BCUT2D eigenvalue weighted by Crippen LogP contribution is 2.14. The summed E-state index contributed by atoms with van der Waals surface area (Å²) in [5.41, 5.74) is 0.800. The standard InChI is InChI=1S/C15H25N3O/c1-4-17-10-6-8-14(17)15(19)18(12(2)3)11-13-7-5-9-16-13/h6,8,10,12-13,16H,4-5,7,9,11H2,1-3H3. The maximum atomic E-state index is 12.7. The molecule has 1 aliphatic heterocycles. The number of aromatic nitrogens is 1. The summed E-state index contributed by atoms with van der Waals surface area (Å²) in [6, 6.07) is 4.55. The Morgan fingerprint density at radius 3 is 2.95 bits per heavy atom. The van der Waals surface area contributed by atoms with E-state index < -0.39 is 0 Å². The van der Waals surface area contributed by atoms with Crippen molar-refractivity contribution in [2.75, 3.05) is 13.1 Å². The predicted molar refractivity (Wildman–Crippen MR) is 77.3 cm³/mol. The Bertz CT molecular complexity index is 419. The molecule has 2 heterocycles. The lowest BCUT2D eigenvalue weighted by atomic mass is 10.1. The molecular weight excluding hydrogens is 238 g/mol. The van der Waals surface area contributed by atoms with E-state index in [0.29, 0.717) is 6.04 Å². The molecule has 19 heavy (non-hydrogen) atoms. The molecule has 1 N–H and O–H groups in total. The van der Waals surface area contributed by atoms with E-state index in [1.807, 2.05) is 27.8 Å². The van der Waals surface area contributed by atoms with Crippen molar-refractivity contribution in [3.8, 4) is 0 Å². The van der Waals surface area contributed by atoms with E-state index in [4.69, 9.17) is 0 Å². The first-order chi connectivity index (χ1) is 9.13. The minimum absolute atomic E-state index is 0.149. The second-order valence-electron chi connectivity index (χ2n) is 5.52. The van der Waals surface area contributed by atoms with Gasteiger partial charge in [-0.05, 0) is 52.3 Å². The molecule has 1 aromatic rings. The molecule has 1 unspecified atom stereocenters. The van der Waals surface area contributed by atoms with E-state index in [1.54, 1.807) is 0 Å². The van der Waals surface area contributed by atoms with Gasteiger partial charge in [0.2, 0.25) is 0 Å². The summed E-state index contributed by atoms with van der Waals surface area (Å²) >= 11 is 0. The molecule has 0 radical (unpaired) electrons. The van der Waals surface area contributed by atoms with Crippen LogP contribution in [0.15, 0.2) is 18.3 Å². The Kier molecular flexibility index (Phi) is 4.64. The van der Waals surface area contributed by atoms with E-state index in [2.05, 4.69) is 26.1 Å². The fourth-order valence-corrected chi connectivity index (χ4v) is 2.71. The van der Waals surface area contributed by atoms with E-state index in [-0.39, 0.29) is 11.9 Å². The molecule has 2 rings (SSSR count). The Balaban J connectivity index is 2.11. The van der Waals surface area contributed by atoms with Crippen molar-refractivity contribution in [1.29, 1.82) is 0 Å². The van der Waals surface area contributed by atoms with Crippen LogP contribution in [0.5, 0.6) is 0 Å². The molecule has 1 aliphatic rings. The first kappa shape index (κ1) is 14.1. The van der Waals surface area contributed by atoms with Crippen LogP contribution >= 0.6 is 0 Å². The summed E-state index contributed by atoms with van der Waals surface area (Å²) in [6.45, 7) is 8.97. The number of hydrogen-bond acceptors (Lipinski definition) is 2. The van der Waals surface area contributed by atoms with Gasteiger partial charge in [0.1, 0.15) is 5.69 Å². The molecule has 0 aromatic carbocycles. The number of aryl methyl sites for hydroxylation is 1. The SMILES string of the molecule is CCn1cccc1C(=O)N(CC1CCCN1)C(C)C. The zero-order valence-electron chi connectivity index (χ0n) is 12.2. The smallest absolute Gasteiger partial charge is 0.270 e. The van der Waals surface area contributed by atoms with Crippen LogP contribution in [0.2, 0.25) is 0 Å². The summed E-state index contributed by atoms with van der Waals surface area (Å²) in [6.07, 6.45) is 4.36. The minimum atomic E-state index is 0.149. The molecule has 106 valence electrons. The highest BCUT2D eigenvalue weighted by Gasteiger charge is 2.25. The number of carbonyl (C=O) groups excluding carboxylic acids is 1. The average molecular weight is 263 g/mol. The van der Waals surface area contributed by atoms with Crippen LogP contribution < -0.4 is 5.32 Å². The fourth-order valence-electron chi connectivity index (χ4n) is 2.71. The quantitative estimate of drug-likeness (QED) is 0.883. The van der Waals surface area contributed by atoms with Gasteiger partial charge in [-0.3, -0.25) is 4.79 Å². The van der Waals surface area contributed by atoms with Gasteiger partial charge in [0, 0.05) is 31.4 Å². The molecule has 0 bridgehead atoms. The summed E-state index contributed by atoms with van der Waals surface area (Å²) in [5.74, 6) is 0.149. The second-order valence-corrected chi connectivity index (χ2v) is 5.52. The van der Waals surface area contributed by atoms with E-state index in [9.17, 15) is 4.79 Å². The topological polar surface area (TPSA) is 37.3 Å². The zero-order chi connectivity index (χ0) is 13.8. The van der Waals surface area contributed by atoms with Crippen LogP contribution in [0.1, 0.15) is 44.1 Å². The van der Waals surface area contributed by atoms with E-state index in [0.717, 1.165) is 25.3 Å². The molecule has 1 amide bonds. The first-order valence-electron chi connectivity index (χ1n) is 7.33. The van der Waals surface area contributed by atoms with Crippen LogP contribution in [-0.2, 0) is 6.54 Å². The highest BCUT2D eigenvalue weighted by atomic mass is 16.2. The first-order valence-corrected chi connectivity index (χ1v) is 7.33. The minimum Gasteiger partial charge on any atom is -0.344 e. The lowest BCUT2D eigenvalue weighted by Crippen LogP contribution is -2.45. The molecule has 4 heteroatoms. The van der Waals surface area contributed by atoms with Crippen molar-refractivity contribution in [1.82, 2.24) is 14.8 Å². The van der Waals surface area contributed by atoms with Crippen LogP contribution in [0.25, 0.3) is 0 Å². The van der Waals surface area contributed by atoms with Gasteiger partial charge in [0.25, 0.3) is 5.91 Å². The van der Waals surface area contributed by atoms with Crippen molar-refractivity contribution in [2.24, 2.45) is 0 Å². The average Bonchev–Trinajstić information content (AvgIpc) is 3.05. The van der Waals surface area contributed by atoms with Crippen molar-refractivity contribution in [3.05, 3.63) is 24.0 Å².